The highest BCUT2D eigenvalue weighted by Gasteiger charge is 2.15. The molecule has 1 fully saturated rings. The molecule has 2 heterocycles. The lowest BCUT2D eigenvalue weighted by Gasteiger charge is -2.16. The van der Waals surface area contributed by atoms with Gasteiger partial charge in [-0.1, -0.05) is 24.3 Å². The minimum absolute atomic E-state index is 0.125. The van der Waals surface area contributed by atoms with Crippen molar-refractivity contribution in [2.24, 2.45) is 0 Å². The molecule has 0 bridgehead atoms. The number of benzene rings is 2. The van der Waals surface area contributed by atoms with Crippen molar-refractivity contribution in [2.75, 3.05) is 19.6 Å². The Labute approximate surface area is 167 Å². The van der Waals surface area contributed by atoms with E-state index in [0.717, 1.165) is 25.0 Å². The van der Waals surface area contributed by atoms with Gasteiger partial charge in [0.25, 0.3) is 11.5 Å². The number of nitrogens with one attached hydrogen (secondary N) is 1. The van der Waals surface area contributed by atoms with E-state index in [1.165, 1.54) is 35.7 Å². The predicted molar refractivity (Wildman–Crippen MR) is 109 cm³/mol. The lowest BCUT2D eigenvalue weighted by atomic mass is 10.1. The molecule has 3 aromatic rings. The Morgan fingerprint density at radius 2 is 1.79 bits per heavy atom. The van der Waals surface area contributed by atoms with Gasteiger partial charge in [0, 0.05) is 17.5 Å². The summed E-state index contributed by atoms with van der Waals surface area (Å²) < 4.78 is 14.9. The molecule has 0 radical (unpaired) electrons. The lowest BCUT2D eigenvalue weighted by Crippen LogP contribution is -2.32. The summed E-state index contributed by atoms with van der Waals surface area (Å²) in [4.78, 5) is 27.5. The minimum atomic E-state index is -0.461. The van der Waals surface area contributed by atoms with Gasteiger partial charge in [-0.3, -0.25) is 9.59 Å². The van der Waals surface area contributed by atoms with Gasteiger partial charge in [-0.25, -0.2) is 9.07 Å². The average Bonchev–Trinajstić information content (AvgIpc) is 3.26. The molecule has 0 spiro atoms. The first kappa shape index (κ1) is 19.3. The summed E-state index contributed by atoms with van der Waals surface area (Å²) in [6.07, 6.45) is 2.38. The van der Waals surface area contributed by atoms with Crippen LogP contribution in [-0.4, -0.2) is 40.2 Å². The van der Waals surface area contributed by atoms with Gasteiger partial charge in [0.2, 0.25) is 0 Å². The fraction of sp³-hybridized carbons (Fsp3) is 0.318. The third-order valence-corrected chi connectivity index (χ3v) is 5.27. The fourth-order valence-corrected chi connectivity index (χ4v) is 3.73. The first-order valence-electron chi connectivity index (χ1n) is 9.87. The molecule has 1 aliphatic heterocycles. The van der Waals surface area contributed by atoms with Crippen molar-refractivity contribution in [3.8, 4) is 0 Å². The molecular weight excluding hydrogens is 371 g/mol. The molecule has 1 aliphatic rings. The van der Waals surface area contributed by atoms with Crippen LogP contribution in [0.15, 0.2) is 53.3 Å². The van der Waals surface area contributed by atoms with E-state index in [0.29, 0.717) is 17.6 Å². The van der Waals surface area contributed by atoms with Crippen molar-refractivity contribution in [3.05, 3.63) is 76.0 Å². The Morgan fingerprint density at radius 3 is 2.55 bits per heavy atom. The van der Waals surface area contributed by atoms with Crippen LogP contribution in [0.3, 0.4) is 0 Å². The molecule has 29 heavy (non-hydrogen) atoms. The number of nitrogens with zero attached hydrogens (tertiary/aromatic N) is 3. The number of halogens is 1. The molecule has 1 amide bonds. The first-order chi connectivity index (χ1) is 14.1. The summed E-state index contributed by atoms with van der Waals surface area (Å²) in [5.41, 5.74) is 0.739. The van der Waals surface area contributed by atoms with Crippen LogP contribution < -0.4 is 10.9 Å². The number of carbonyl (C=O) groups is 1. The summed E-state index contributed by atoms with van der Waals surface area (Å²) in [5, 5.41) is 8.62. The molecule has 0 saturated carbocycles. The van der Waals surface area contributed by atoms with E-state index >= 15 is 0 Å². The van der Waals surface area contributed by atoms with Crippen molar-refractivity contribution in [3.63, 3.8) is 0 Å². The molecule has 6 nitrogen and oxygen atoms in total. The van der Waals surface area contributed by atoms with E-state index in [-0.39, 0.29) is 23.6 Å². The number of aromatic nitrogens is 2. The van der Waals surface area contributed by atoms with E-state index in [4.69, 9.17) is 0 Å². The summed E-state index contributed by atoms with van der Waals surface area (Å²) in [5.74, 6) is -0.845. The van der Waals surface area contributed by atoms with Gasteiger partial charge in [0.1, 0.15) is 5.82 Å². The molecule has 0 unspecified atom stereocenters. The topological polar surface area (TPSA) is 67.2 Å². The van der Waals surface area contributed by atoms with Gasteiger partial charge in [-0.2, -0.15) is 5.10 Å². The van der Waals surface area contributed by atoms with Crippen molar-refractivity contribution in [1.82, 2.24) is 20.0 Å². The first-order valence-corrected chi connectivity index (χ1v) is 9.87. The summed E-state index contributed by atoms with van der Waals surface area (Å²) in [6.45, 7) is 3.55. The molecule has 2 aromatic carbocycles. The number of rotatable bonds is 6. The van der Waals surface area contributed by atoms with E-state index in [1.807, 2.05) is 18.2 Å². The van der Waals surface area contributed by atoms with E-state index in [2.05, 4.69) is 15.3 Å². The zero-order valence-corrected chi connectivity index (χ0v) is 16.1. The average molecular weight is 394 g/mol. The highest BCUT2D eigenvalue weighted by atomic mass is 19.1. The molecule has 0 aliphatic carbocycles. The van der Waals surface area contributed by atoms with Gasteiger partial charge in [-0.05, 0) is 50.2 Å². The molecule has 1 saturated heterocycles. The third-order valence-electron chi connectivity index (χ3n) is 5.27. The van der Waals surface area contributed by atoms with Crippen LogP contribution in [0, 0.1) is 5.82 Å². The van der Waals surface area contributed by atoms with Crippen LogP contribution in [0.5, 0.6) is 0 Å². The smallest absolute Gasteiger partial charge is 0.274 e. The Bertz CT molecular complexity index is 1090. The maximum absolute atomic E-state index is 13.4. The van der Waals surface area contributed by atoms with E-state index in [1.54, 1.807) is 12.1 Å². The quantitative estimate of drug-likeness (QED) is 0.698. The minimum Gasteiger partial charge on any atom is -0.346 e. The number of fused-ring (bicyclic) bond motifs is 1. The Morgan fingerprint density at radius 1 is 1.03 bits per heavy atom. The van der Waals surface area contributed by atoms with Crippen LogP contribution in [0.25, 0.3) is 10.8 Å². The standard InChI is InChI=1S/C22H23FN4O2/c23-17-7-5-6-16(14-17)21(28)24-15-20-18-8-1-2-9-19(18)22(29)27(25-20)13-12-26-10-3-4-11-26/h1-2,5-9,14H,3-4,10-13,15H2,(H,24,28). The zero-order valence-electron chi connectivity index (χ0n) is 16.1. The van der Waals surface area contributed by atoms with Gasteiger partial charge < -0.3 is 10.2 Å². The number of amides is 1. The van der Waals surface area contributed by atoms with Crippen molar-refractivity contribution in [2.45, 2.75) is 25.9 Å². The van der Waals surface area contributed by atoms with Gasteiger partial charge >= 0.3 is 0 Å². The predicted octanol–water partition coefficient (Wildman–Crippen LogP) is 2.56. The van der Waals surface area contributed by atoms with Gasteiger partial charge in [0.05, 0.1) is 24.2 Å². The second kappa shape index (κ2) is 8.53. The molecule has 0 atom stereocenters. The summed E-state index contributed by atoms with van der Waals surface area (Å²) in [6, 6.07) is 12.8. The van der Waals surface area contributed by atoms with Crippen LogP contribution in [0.1, 0.15) is 28.9 Å². The SMILES string of the molecule is O=C(NCc1nn(CCN2CCCC2)c(=O)c2ccccc12)c1cccc(F)c1. The van der Waals surface area contributed by atoms with Crippen molar-refractivity contribution >= 4 is 16.7 Å². The highest BCUT2D eigenvalue weighted by molar-refractivity contribution is 5.94. The van der Waals surface area contributed by atoms with Gasteiger partial charge in [-0.15, -0.1) is 0 Å². The summed E-state index contributed by atoms with van der Waals surface area (Å²) in [7, 11) is 0. The fourth-order valence-electron chi connectivity index (χ4n) is 3.73. The zero-order chi connectivity index (χ0) is 20.2. The number of hydrogen-bond acceptors (Lipinski definition) is 4. The molecular formula is C22H23FN4O2. The largest absolute Gasteiger partial charge is 0.346 e. The molecule has 7 heteroatoms. The van der Waals surface area contributed by atoms with Crippen molar-refractivity contribution in [1.29, 1.82) is 0 Å². The Hall–Kier alpha value is -3.06. The molecule has 4 rings (SSSR count). The highest BCUT2D eigenvalue weighted by Crippen LogP contribution is 2.14. The third kappa shape index (κ3) is 4.35. The molecule has 1 aromatic heterocycles. The maximum Gasteiger partial charge on any atom is 0.274 e. The Kier molecular flexibility index (Phi) is 5.67. The second-order valence-corrected chi connectivity index (χ2v) is 7.26. The summed E-state index contributed by atoms with van der Waals surface area (Å²) >= 11 is 0. The molecule has 150 valence electrons. The lowest BCUT2D eigenvalue weighted by molar-refractivity contribution is 0.0950. The van der Waals surface area contributed by atoms with Gasteiger partial charge in [0.15, 0.2) is 0 Å². The van der Waals surface area contributed by atoms with Crippen LogP contribution in [0.4, 0.5) is 4.39 Å². The van der Waals surface area contributed by atoms with Crippen LogP contribution >= 0.6 is 0 Å². The van der Waals surface area contributed by atoms with Crippen molar-refractivity contribution < 1.29 is 9.18 Å². The number of hydrogen-bond donors (Lipinski definition) is 1. The van der Waals surface area contributed by atoms with Crippen LogP contribution in [0.2, 0.25) is 0 Å². The monoisotopic (exact) mass is 394 g/mol. The van der Waals surface area contributed by atoms with E-state index in [9.17, 15) is 14.0 Å². The molecule has 1 N–H and O–H groups in total. The number of likely N-dealkylation sites (tertiary alicyclic amines) is 1. The number of carbonyl (C=O) groups excluding carboxylic acids is 1. The second-order valence-electron chi connectivity index (χ2n) is 7.26. The normalized spacial score (nSPS) is 14.4. The van der Waals surface area contributed by atoms with Crippen LogP contribution in [-0.2, 0) is 13.1 Å². The maximum atomic E-state index is 13.4. The van der Waals surface area contributed by atoms with E-state index < -0.39 is 5.82 Å². The Balaban J connectivity index is 1.57.